The third kappa shape index (κ3) is 3.77. The molecule has 3 aromatic rings. The molecule has 9 nitrogen and oxygen atoms in total. The van der Waals surface area contributed by atoms with Gasteiger partial charge in [-0.05, 0) is 55.5 Å². The van der Waals surface area contributed by atoms with Crippen molar-refractivity contribution in [2.75, 3.05) is 17.7 Å². The highest BCUT2D eigenvalue weighted by Crippen LogP contribution is 2.29. The van der Waals surface area contributed by atoms with Gasteiger partial charge in [-0.25, -0.2) is 4.68 Å². The summed E-state index contributed by atoms with van der Waals surface area (Å²) in [5.74, 6) is 0.715. The maximum Gasteiger partial charge on any atom is 0.252 e. The summed E-state index contributed by atoms with van der Waals surface area (Å²) in [5, 5.41) is 9.79. The summed E-state index contributed by atoms with van der Waals surface area (Å²) in [4.78, 5) is 40.4. The van der Waals surface area contributed by atoms with Gasteiger partial charge < -0.3 is 10.1 Å². The molecule has 2 amide bonds. The maximum atomic E-state index is 12.5. The van der Waals surface area contributed by atoms with Gasteiger partial charge in [0.2, 0.25) is 11.9 Å². The lowest BCUT2D eigenvalue weighted by atomic mass is 10.1. The monoisotopic (exact) mass is 405 g/mol. The third-order valence-electron chi connectivity index (χ3n) is 4.77. The number of fused-ring (bicyclic) bond motifs is 1. The number of anilines is 2. The molecule has 1 aliphatic rings. The molecular weight excluding hydrogens is 386 g/mol. The van der Waals surface area contributed by atoms with Crippen LogP contribution in [0.1, 0.15) is 29.7 Å². The van der Waals surface area contributed by atoms with Gasteiger partial charge in [0.1, 0.15) is 11.8 Å². The fourth-order valence-electron chi connectivity index (χ4n) is 3.15. The van der Waals surface area contributed by atoms with E-state index in [9.17, 15) is 14.4 Å². The lowest BCUT2D eigenvalue weighted by Crippen LogP contribution is -2.23. The number of ether oxygens (including phenoxy) is 1. The summed E-state index contributed by atoms with van der Waals surface area (Å²) < 4.78 is 6.57. The summed E-state index contributed by atoms with van der Waals surface area (Å²) in [7, 11) is 1.58. The summed E-state index contributed by atoms with van der Waals surface area (Å²) >= 11 is 0. The Balaban J connectivity index is 1.47. The Morgan fingerprint density at radius 1 is 1.13 bits per heavy atom. The Bertz CT molecular complexity index is 1120. The summed E-state index contributed by atoms with van der Waals surface area (Å²) in [6.45, 7) is 1.47. The van der Waals surface area contributed by atoms with Crippen LogP contribution in [-0.4, -0.2) is 39.5 Å². The average Bonchev–Trinajstić information content (AvgIpc) is 3.27. The molecule has 152 valence electrons. The van der Waals surface area contributed by atoms with Crippen LogP contribution < -0.4 is 15.4 Å². The third-order valence-corrected chi connectivity index (χ3v) is 4.77. The molecule has 0 saturated carbocycles. The first-order valence-corrected chi connectivity index (χ1v) is 9.27. The second-order valence-corrected chi connectivity index (χ2v) is 6.82. The molecule has 30 heavy (non-hydrogen) atoms. The molecule has 1 aromatic heterocycles. The van der Waals surface area contributed by atoms with Gasteiger partial charge >= 0.3 is 0 Å². The predicted molar refractivity (Wildman–Crippen MR) is 109 cm³/mol. The quantitative estimate of drug-likeness (QED) is 0.609. The highest BCUT2D eigenvalue weighted by atomic mass is 16.5. The van der Waals surface area contributed by atoms with Gasteiger partial charge in [-0.1, -0.05) is 0 Å². The predicted octanol–water partition coefficient (Wildman–Crippen LogP) is 2.68. The van der Waals surface area contributed by atoms with Crippen molar-refractivity contribution in [3.05, 3.63) is 54.1 Å². The molecule has 2 aromatic carbocycles. The summed E-state index contributed by atoms with van der Waals surface area (Å²) in [6, 6.07) is 13.0. The van der Waals surface area contributed by atoms with E-state index >= 15 is 0 Å². The Labute approximate surface area is 172 Å². The first kappa shape index (κ1) is 19.3. The number of methoxy groups -OCH3 is 1. The van der Waals surface area contributed by atoms with Crippen molar-refractivity contribution >= 4 is 29.2 Å². The number of carbonyl (C=O) groups is 3. The number of hydrogen-bond donors (Lipinski definition) is 2. The highest BCUT2D eigenvalue weighted by molar-refractivity contribution is 6.01. The minimum atomic E-state index is -0.795. The van der Waals surface area contributed by atoms with Gasteiger partial charge in [-0.2, -0.15) is 4.98 Å². The molecule has 1 aliphatic heterocycles. The standard InChI is InChI=1S/C21H19N5O4/c1-12(27)13-3-7-15(8-4-13)22-18(28)11-17-20(29)24-21-23-19(25-26(17)21)14-5-9-16(30-2)10-6-14/h3-10,17H,11H2,1-2H3,(H,22,28)(H,23,24,25,29). The van der Waals surface area contributed by atoms with Crippen molar-refractivity contribution in [1.29, 1.82) is 0 Å². The minimum absolute atomic E-state index is 0.0538. The lowest BCUT2D eigenvalue weighted by molar-refractivity contribution is -0.123. The number of benzene rings is 2. The lowest BCUT2D eigenvalue weighted by Gasteiger charge is -2.10. The van der Waals surface area contributed by atoms with Gasteiger partial charge in [-0.3, -0.25) is 19.7 Å². The van der Waals surface area contributed by atoms with Crippen LogP contribution in [0.2, 0.25) is 0 Å². The van der Waals surface area contributed by atoms with E-state index < -0.39 is 6.04 Å². The second-order valence-electron chi connectivity index (χ2n) is 6.82. The van der Waals surface area contributed by atoms with E-state index in [1.165, 1.54) is 11.6 Å². The van der Waals surface area contributed by atoms with Crippen molar-refractivity contribution in [3.8, 4) is 17.1 Å². The zero-order chi connectivity index (χ0) is 21.3. The SMILES string of the molecule is COc1ccc(-c2nc3n(n2)C(CC(=O)Nc2ccc(C(C)=O)cc2)C(=O)N3)cc1. The van der Waals surface area contributed by atoms with Crippen LogP contribution in [0, 0.1) is 0 Å². The average molecular weight is 405 g/mol. The number of amides is 2. The van der Waals surface area contributed by atoms with Gasteiger partial charge in [0.05, 0.1) is 13.5 Å². The molecule has 2 heterocycles. The van der Waals surface area contributed by atoms with Crippen LogP contribution in [0.25, 0.3) is 11.4 Å². The molecule has 0 aliphatic carbocycles. The van der Waals surface area contributed by atoms with E-state index in [-0.39, 0.29) is 24.0 Å². The number of carbonyl (C=O) groups excluding carboxylic acids is 3. The molecule has 0 fully saturated rings. The van der Waals surface area contributed by atoms with Crippen LogP contribution in [0.3, 0.4) is 0 Å². The number of ketones is 1. The first-order chi connectivity index (χ1) is 14.4. The van der Waals surface area contributed by atoms with Crippen LogP contribution in [0.4, 0.5) is 11.6 Å². The first-order valence-electron chi connectivity index (χ1n) is 9.27. The highest BCUT2D eigenvalue weighted by Gasteiger charge is 2.35. The van der Waals surface area contributed by atoms with Gasteiger partial charge in [0.15, 0.2) is 11.6 Å². The van der Waals surface area contributed by atoms with Crippen molar-refractivity contribution < 1.29 is 19.1 Å². The van der Waals surface area contributed by atoms with E-state index in [0.29, 0.717) is 28.8 Å². The van der Waals surface area contributed by atoms with Crippen molar-refractivity contribution in [1.82, 2.24) is 14.8 Å². The second kappa shape index (κ2) is 7.78. The molecule has 0 spiro atoms. The van der Waals surface area contributed by atoms with E-state index in [4.69, 9.17) is 4.74 Å². The van der Waals surface area contributed by atoms with E-state index in [2.05, 4.69) is 20.7 Å². The molecule has 0 saturated heterocycles. The molecular formula is C21H19N5O4. The Hall–Kier alpha value is -4.01. The number of nitrogens with one attached hydrogen (secondary N) is 2. The van der Waals surface area contributed by atoms with E-state index in [0.717, 1.165) is 5.56 Å². The largest absolute Gasteiger partial charge is 0.497 e. The molecule has 2 N–H and O–H groups in total. The van der Waals surface area contributed by atoms with Gasteiger partial charge in [-0.15, -0.1) is 5.10 Å². The maximum absolute atomic E-state index is 12.5. The van der Waals surface area contributed by atoms with Gasteiger partial charge in [0, 0.05) is 16.8 Å². The molecule has 9 heteroatoms. The number of nitrogens with zero attached hydrogens (tertiary/aromatic N) is 3. The minimum Gasteiger partial charge on any atom is -0.497 e. The molecule has 1 unspecified atom stereocenters. The van der Waals surface area contributed by atoms with Crippen molar-refractivity contribution in [2.24, 2.45) is 0 Å². The summed E-state index contributed by atoms with van der Waals surface area (Å²) in [6.07, 6.45) is -0.0985. The van der Waals surface area contributed by atoms with Crippen LogP contribution in [-0.2, 0) is 9.59 Å². The number of hydrogen-bond acceptors (Lipinski definition) is 6. The van der Waals surface area contributed by atoms with E-state index in [1.54, 1.807) is 43.5 Å². The zero-order valence-electron chi connectivity index (χ0n) is 16.4. The molecule has 1 atom stereocenters. The smallest absolute Gasteiger partial charge is 0.252 e. The number of aromatic nitrogens is 3. The van der Waals surface area contributed by atoms with Crippen LogP contribution in [0.15, 0.2) is 48.5 Å². The topological polar surface area (TPSA) is 115 Å². The zero-order valence-corrected chi connectivity index (χ0v) is 16.4. The van der Waals surface area contributed by atoms with Crippen molar-refractivity contribution in [3.63, 3.8) is 0 Å². The number of Topliss-reactive ketones (excluding diaryl/α,β-unsaturated/α-hetero) is 1. The molecule has 0 radical (unpaired) electrons. The Morgan fingerprint density at radius 2 is 1.83 bits per heavy atom. The Morgan fingerprint density at radius 3 is 2.47 bits per heavy atom. The fourth-order valence-corrected chi connectivity index (χ4v) is 3.15. The fraction of sp³-hybridized carbons (Fsp3) is 0.190. The van der Waals surface area contributed by atoms with Crippen molar-refractivity contribution in [2.45, 2.75) is 19.4 Å². The van der Waals surface area contributed by atoms with Gasteiger partial charge in [0.25, 0.3) is 5.91 Å². The van der Waals surface area contributed by atoms with Crippen LogP contribution in [0.5, 0.6) is 5.75 Å². The summed E-state index contributed by atoms with van der Waals surface area (Å²) in [5.41, 5.74) is 1.86. The normalized spacial score (nSPS) is 14.7. The molecule has 4 rings (SSSR count). The molecule has 0 bridgehead atoms. The number of rotatable bonds is 6. The Kier molecular flexibility index (Phi) is 5.01. The van der Waals surface area contributed by atoms with Crippen LogP contribution >= 0.6 is 0 Å². The van der Waals surface area contributed by atoms with E-state index in [1.807, 2.05) is 12.1 Å².